The van der Waals surface area contributed by atoms with Gasteiger partial charge in [0.05, 0.1) is 6.10 Å². The molecule has 0 aliphatic rings. The fraction of sp³-hybridized carbons (Fsp3) is 0.200. The molecule has 0 aromatic heterocycles. The lowest BCUT2D eigenvalue weighted by atomic mass is 10.1. The fourth-order valence-electron chi connectivity index (χ4n) is 1.75. The van der Waals surface area contributed by atoms with Gasteiger partial charge in [-0.3, -0.25) is 0 Å². The topological polar surface area (TPSA) is 32.3 Å². The van der Waals surface area contributed by atoms with E-state index in [-0.39, 0.29) is 5.82 Å². The number of hydrogen-bond donors (Lipinski definition) is 2. The molecule has 0 fully saturated rings. The molecule has 1 unspecified atom stereocenters. The Morgan fingerprint density at radius 3 is 2.33 bits per heavy atom. The van der Waals surface area contributed by atoms with Crippen molar-refractivity contribution in [1.82, 2.24) is 5.32 Å². The van der Waals surface area contributed by atoms with Crippen LogP contribution < -0.4 is 5.32 Å². The standard InChI is InChI=1S/C15H16FNO/c16-14-8-6-12(7-9-14)10-17-11-15(18)13-4-2-1-3-5-13/h1-9,15,17-18H,10-11H2. The van der Waals surface area contributed by atoms with E-state index in [1.165, 1.54) is 12.1 Å². The van der Waals surface area contributed by atoms with E-state index in [1.54, 1.807) is 12.1 Å². The lowest BCUT2D eigenvalue weighted by molar-refractivity contribution is 0.174. The molecule has 0 aliphatic carbocycles. The van der Waals surface area contributed by atoms with Crippen molar-refractivity contribution in [2.24, 2.45) is 0 Å². The normalized spacial score (nSPS) is 12.3. The van der Waals surface area contributed by atoms with Gasteiger partial charge in [-0.25, -0.2) is 4.39 Å². The summed E-state index contributed by atoms with van der Waals surface area (Å²) < 4.78 is 12.7. The Hall–Kier alpha value is -1.71. The van der Waals surface area contributed by atoms with E-state index in [4.69, 9.17) is 0 Å². The molecule has 0 heterocycles. The molecule has 0 saturated carbocycles. The molecule has 94 valence electrons. The van der Waals surface area contributed by atoms with E-state index in [2.05, 4.69) is 5.32 Å². The number of benzene rings is 2. The summed E-state index contributed by atoms with van der Waals surface area (Å²) in [6, 6.07) is 15.8. The molecule has 2 aromatic rings. The predicted octanol–water partition coefficient (Wildman–Crippen LogP) is 2.65. The highest BCUT2D eigenvalue weighted by Gasteiger charge is 2.05. The Bertz CT molecular complexity index is 470. The molecule has 2 N–H and O–H groups in total. The number of aliphatic hydroxyl groups excluding tert-OH is 1. The first-order valence-corrected chi connectivity index (χ1v) is 5.94. The first-order chi connectivity index (χ1) is 8.75. The van der Waals surface area contributed by atoms with Gasteiger partial charge in [-0.15, -0.1) is 0 Å². The van der Waals surface area contributed by atoms with Crippen LogP contribution in [-0.2, 0) is 6.54 Å². The minimum atomic E-state index is -0.522. The smallest absolute Gasteiger partial charge is 0.123 e. The molecule has 1 atom stereocenters. The zero-order chi connectivity index (χ0) is 12.8. The fourth-order valence-corrected chi connectivity index (χ4v) is 1.75. The van der Waals surface area contributed by atoms with Gasteiger partial charge in [0.15, 0.2) is 0 Å². The van der Waals surface area contributed by atoms with Crippen molar-refractivity contribution in [1.29, 1.82) is 0 Å². The van der Waals surface area contributed by atoms with Gasteiger partial charge in [0.1, 0.15) is 5.82 Å². The first kappa shape index (κ1) is 12.7. The molecule has 0 aliphatic heterocycles. The highest BCUT2D eigenvalue weighted by Crippen LogP contribution is 2.11. The summed E-state index contributed by atoms with van der Waals surface area (Å²) >= 11 is 0. The predicted molar refractivity (Wildman–Crippen MR) is 69.5 cm³/mol. The Kier molecular flexibility index (Phi) is 4.45. The molecule has 0 saturated heterocycles. The highest BCUT2D eigenvalue weighted by molar-refractivity contribution is 5.18. The molecule has 0 spiro atoms. The van der Waals surface area contributed by atoms with Gasteiger partial charge in [-0.05, 0) is 23.3 Å². The summed E-state index contributed by atoms with van der Waals surface area (Å²) in [5, 5.41) is 13.1. The van der Waals surface area contributed by atoms with Crippen molar-refractivity contribution in [3.05, 3.63) is 71.5 Å². The van der Waals surface area contributed by atoms with Crippen LogP contribution >= 0.6 is 0 Å². The van der Waals surface area contributed by atoms with Gasteiger partial charge < -0.3 is 10.4 Å². The molecule has 18 heavy (non-hydrogen) atoms. The maximum Gasteiger partial charge on any atom is 0.123 e. The van der Waals surface area contributed by atoms with Gasteiger partial charge in [0, 0.05) is 13.1 Å². The largest absolute Gasteiger partial charge is 0.387 e. The van der Waals surface area contributed by atoms with E-state index in [0.717, 1.165) is 11.1 Å². The van der Waals surface area contributed by atoms with E-state index >= 15 is 0 Å². The second-order valence-electron chi connectivity index (χ2n) is 4.18. The maximum absolute atomic E-state index is 12.7. The zero-order valence-corrected chi connectivity index (χ0v) is 10.0. The number of aliphatic hydroxyl groups is 1. The van der Waals surface area contributed by atoms with E-state index in [0.29, 0.717) is 13.1 Å². The SMILES string of the molecule is OC(CNCc1ccc(F)cc1)c1ccccc1. The van der Waals surface area contributed by atoms with Crippen molar-refractivity contribution in [2.75, 3.05) is 6.54 Å². The minimum Gasteiger partial charge on any atom is -0.387 e. The lowest BCUT2D eigenvalue weighted by Gasteiger charge is -2.12. The monoisotopic (exact) mass is 245 g/mol. The third kappa shape index (κ3) is 3.65. The first-order valence-electron chi connectivity index (χ1n) is 5.94. The van der Waals surface area contributed by atoms with Gasteiger partial charge in [-0.2, -0.15) is 0 Å². The number of hydrogen-bond acceptors (Lipinski definition) is 2. The van der Waals surface area contributed by atoms with E-state index < -0.39 is 6.10 Å². The van der Waals surface area contributed by atoms with Gasteiger partial charge in [0.25, 0.3) is 0 Å². The molecular weight excluding hydrogens is 229 g/mol. The molecule has 0 amide bonds. The summed E-state index contributed by atoms with van der Waals surface area (Å²) in [5.41, 5.74) is 1.89. The van der Waals surface area contributed by atoms with Crippen LogP contribution in [0.4, 0.5) is 4.39 Å². The molecular formula is C15H16FNO. The third-order valence-electron chi connectivity index (χ3n) is 2.76. The van der Waals surface area contributed by atoms with Crippen LogP contribution in [0.5, 0.6) is 0 Å². The highest BCUT2D eigenvalue weighted by atomic mass is 19.1. The van der Waals surface area contributed by atoms with Crippen molar-refractivity contribution in [2.45, 2.75) is 12.6 Å². The lowest BCUT2D eigenvalue weighted by Crippen LogP contribution is -2.21. The van der Waals surface area contributed by atoms with Crippen LogP contribution in [0.2, 0.25) is 0 Å². The van der Waals surface area contributed by atoms with E-state index in [1.807, 2.05) is 30.3 Å². The summed E-state index contributed by atoms with van der Waals surface area (Å²) in [6.07, 6.45) is -0.522. The van der Waals surface area contributed by atoms with Crippen LogP contribution in [0, 0.1) is 5.82 Å². The van der Waals surface area contributed by atoms with Gasteiger partial charge in [0.2, 0.25) is 0 Å². The van der Waals surface area contributed by atoms with Crippen LogP contribution in [0.1, 0.15) is 17.2 Å². The number of nitrogens with one attached hydrogen (secondary N) is 1. The quantitative estimate of drug-likeness (QED) is 0.848. The van der Waals surface area contributed by atoms with Crippen molar-refractivity contribution in [3.8, 4) is 0 Å². The van der Waals surface area contributed by atoms with E-state index in [9.17, 15) is 9.50 Å². The van der Waals surface area contributed by atoms with Crippen LogP contribution in [0.25, 0.3) is 0 Å². The molecule has 2 aromatic carbocycles. The molecule has 2 nitrogen and oxygen atoms in total. The zero-order valence-electron chi connectivity index (χ0n) is 10.0. The summed E-state index contributed by atoms with van der Waals surface area (Å²) in [6.45, 7) is 1.09. The maximum atomic E-state index is 12.7. The van der Waals surface area contributed by atoms with Gasteiger partial charge >= 0.3 is 0 Å². The molecule has 2 rings (SSSR count). The molecule has 0 bridgehead atoms. The van der Waals surface area contributed by atoms with Crippen molar-refractivity contribution >= 4 is 0 Å². The molecule has 3 heteroatoms. The number of rotatable bonds is 5. The number of halogens is 1. The van der Waals surface area contributed by atoms with Crippen LogP contribution in [-0.4, -0.2) is 11.7 Å². The molecule has 0 radical (unpaired) electrons. The summed E-state index contributed by atoms with van der Waals surface area (Å²) in [4.78, 5) is 0. The summed E-state index contributed by atoms with van der Waals surface area (Å²) in [5.74, 6) is -0.233. The second kappa shape index (κ2) is 6.28. The van der Waals surface area contributed by atoms with Gasteiger partial charge in [-0.1, -0.05) is 42.5 Å². The van der Waals surface area contributed by atoms with Crippen LogP contribution in [0.3, 0.4) is 0 Å². The minimum absolute atomic E-state index is 0.233. The third-order valence-corrected chi connectivity index (χ3v) is 2.76. The van der Waals surface area contributed by atoms with Crippen LogP contribution in [0.15, 0.2) is 54.6 Å². The Labute approximate surface area is 106 Å². The van der Waals surface area contributed by atoms with Crippen molar-refractivity contribution in [3.63, 3.8) is 0 Å². The average Bonchev–Trinajstić information content (AvgIpc) is 2.42. The summed E-state index contributed by atoms with van der Waals surface area (Å²) in [7, 11) is 0. The second-order valence-corrected chi connectivity index (χ2v) is 4.18. The average molecular weight is 245 g/mol. The Morgan fingerprint density at radius 2 is 1.67 bits per heavy atom. The Morgan fingerprint density at radius 1 is 1.00 bits per heavy atom. The van der Waals surface area contributed by atoms with Crippen molar-refractivity contribution < 1.29 is 9.50 Å². The Balaban J connectivity index is 1.80.